The zero-order chi connectivity index (χ0) is 22.7. The van der Waals surface area contributed by atoms with Crippen LogP contribution in [0, 0.1) is 0 Å². The molecule has 2 heterocycles. The number of rotatable bonds is 6. The first-order valence-electron chi connectivity index (χ1n) is 9.88. The van der Waals surface area contributed by atoms with Gasteiger partial charge in [-0.25, -0.2) is 9.50 Å². The zero-order valence-electron chi connectivity index (χ0n) is 17.1. The molecule has 6 nitrogen and oxygen atoms in total. The molecule has 0 fully saturated rings. The van der Waals surface area contributed by atoms with E-state index >= 15 is 0 Å². The fraction of sp³-hybridized carbons (Fsp3) is 0.174. The van der Waals surface area contributed by atoms with Gasteiger partial charge in [-0.1, -0.05) is 36.4 Å². The Labute approximate surface area is 181 Å². The van der Waals surface area contributed by atoms with E-state index in [1.54, 1.807) is 48.7 Å². The van der Waals surface area contributed by atoms with Gasteiger partial charge in [0.05, 0.1) is 36.2 Å². The molecule has 1 N–H and O–H groups in total. The molecule has 0 aliphatic carbocycles. The minimum atomic E-state index is -4.62. The van der Waals surface area contributed by atoms with Crippen LogP contribution in [0.4, 0.5) is 18.9 Å². The lowest BCUT2D eigenvalue weighted by molar-refractivity contribution is -0.137. The van der Waals surface area contributed by atoms with Crippen LogP contribution in [0.2, 0.25) is 0 Å². The quantitative estimate of drug-likeness (QED) is 0.458. The van der Waals surface area contributed by atoms with Crippen LogP contribution in [-0.4, -0.2) is 27.1 Å². The lowest BCUT2D eigenvalue weighted by Crippen LogP contribution is -2.18. The van der Waals surface area contributed by atoms with Gasteiger partial charge < -0.3 is 10.1 Å². The van der Waals surface area contributed by atoms with E-state index in [0.717, 1.165) is 6.07 Å². The number of anilines is 1. The summed E-state index contributed by atoms with van der Waals surface area (Å²) in [5.41, 5.74) is 0.790. The van der Waals surface area contributed by atoms with Crippen molar-refractivity contribution < 1.29 is 22.7 Å². The number of alkyl halides is 3. The summed E-state index contributed by atoms with van der Waals surface area (Å²) in [5.74, 6) is -0.137. The predicted octanol–water partition coefficient (Wildman–Crippen LogP) is 5.00. The number of amides is 1. The summed E-state index contributed by atoms with van der Waals surface area (Å²) in [7, 11) is 0. The van der Waals surface area contributed by atoms with Crippen molar-refractivity contribution in [2.45, 2.75) is 19.5 Å². The number of carbonyl (C=O) groups is 1. The number of nitrogens with zero attached hydrogens (tertiary/aromatic N) is 3. The summed E-state index contributed by atoms with van der Waals surface area (Å²) in [4.78, 5) is 16.8. The van der Waals surface area contributed by atoms with Crippen molar-refractivity contribution in [3.63, 3.8) is 0 Å². The van der Waals surface area contributed by atoms with Crippen LogP contribution in [-0.2, 0) is 17.4 Å². The molecule has 0 spiro atoms. The molecule has 1 amide bonds. The fourth-order valence-corrected chi connectivity index (χ4v) is 3.26. The highest BCUT2D eigenvalue weighted by molar-refractivity contribution is 5.94. The van der Waals surface area contributed by atoms with Gasteiger partial charge in [-0.2, -0.15) is 13.2 Å². The molecule has 2 aromatic heterocycles. The minimum absolute atomic E-state index is 0.0408. The van der Waals surface area contributed by atoms with Gasteiger partial charge in [-0.3, -0.25) is 4.79 Å². The topological polar surface area (TPSA) is 68.5 Å². The van der Waals surface area contributed by atoms with Crippen molar-refractivity contribution in [1.29, 1.82) is 0 Å². The average molecular weight is 440 g/mol. The third kappa shape index (κ3) is 4.72. The van der Waals surface area contributed by atoms with Crippen LogP contribution in [0.3, 0.4) is 0 Å². The Hall–Kier alpha value is -3.88. The number of aromatic nitrogens is 3. The number of hydrogen-bond donors (Lipinski definition) is 1. The highest BCUT2D eigenvalue weighted by atomic mass is 19.4. The van der Waals surface area contributed by atoms with E-state index in [0.29, 0.717) is 35.0 Å². The molecule has 2 aromatic carbocycles. The van der Waals surface area contributed by atoms with Crippen molar-refractivity contribution in [2.75, 3.05) is 11.9 Å². The van der Waals surface area contributed by atoms with Crippen LogP contribution < -0.4 is 10.1 Å². The van der Waals surface area contributed by atoms with Crippen molar-refractivity contribution in [2.24, 2.45) is 0 Å². The van der Waals surface area contributed by atoms with Crippen molar-refractivity contribution in [1.82, 2.24) is 14.6 Å². The second-order valence-electron chi connectivity index (χ2n) is 7.00. The van der Waals surface area contributed by atoms with Crippen LogP contribution in [0.25, 0.3) is 16.9 Å². The van der Waals surface area contributed by atoms with Crippen LogP contribution in [0.1, 0.15) is 18.1 Å². The largest absolute Gasteiger partial charge is 0.477 e. The number of benzene rings is 2. The first-order chi connectivity index (χ1) is 15.3. The van der Waals surface area contributed by atoms with E-state index in [9.17, 15) is 18.0 Å². The van der Waals surface area contributed by atoms with Crippen LogP contribution in [0.5, 0.6) is 5.88 Å². The van der Waals surface area contributed by atoms with E-state index in [2.05, 4.69) is 15.4 Å². The standard InChI is InChI=1S/C23H19F3N4O2/c1-2-32-22-11-10-20-27-19(14-30(20)29-22)16-8-9-17(23(24,25)26)18(13-16)28-21(31)12-15-6-4-3-5-7-15/h3-11,13-14H,2,12H2,1H3,(H,28,31). The second-order valence-corrected chi connectivity index (χ2v) is 7.00. The molecular formula is C23H19F3N4O2. The predicted molar refractivity (Wildman–Crippen MR) is 113 cm³/mol. The van der Waals surface area contributed by atoms with Gasteiger partial charge in [0.2, 0.25) is 11.8 Å². The molecule has 4 aromatic rings. The molecule has 0 aliphatic rings. The van der Waals surface area contributed by atoms with E-state index in [1.807, 2.05) is 6.92 Å². The summed E-state index contributed by atoms with van der Waals surface area (Å²) < 4.78 is 47.5. The van der Waals surface area contributed by atoms with Gasteiger partial charge in [0.1, 0.15) is 0 Å². The Morgan fingerprint density at radius 1 is 1.09 bits per heavy atom. The molecule has 0 bridgehead atoms. The van der Waals surface area contributed by atoms with E-state index < -0.39 is 17.6 Å². The monoisotopic (exact) mass is 440 g/mol. The average Bonchev–Trinajstić information content (AvgIpc) is 3.17. The van der Waals surface area contributed by atoms with Gasteiger partial charge in [0, 0.05) is 11.6 Å². The van der Waals surface area contributed by atoms with E-state index in [-0.39, 0.29) is 12.1 Å². The highest BCUT2D eigenvalue weighted by Gasteiger charge is 2.34. The van der Waals surface area contributed by atoms with E-state index in [1.165, 1.54) is 16.6 Å². The lowest BCUT2D eigenvalue weighted by atomic mass is 10.1. The molecule has 4 rings (SSSR count). The zero-order valence-corrected chi connectivity index (χ0v) is 17.1. The van der Waals surface area contributed by atoms with Crippen molar-refractivity contribution in [3.8, 4) is 17.1 Å². The Morgan fingerprint density at radius 3 is 2.59 bits per heavy atom. The number of halogens is 3. The number of ether oxygens (including phenoxy) is 1. The summed E-state index contributed by atoms with van der Waals surface area (Å²) in [6, 6.07) is 15.7. The summed E-state index contributed by atoms with van der Waals surface area (Å²) >= 11 is 0. The Morgan fingerprint density at radius 2 is 1.88 bits per heavy atom. The number of imidazole rings is 1. The summed E-state index contributed by atoms with van der Waals surface area (Å²) in [6.07, 6.45) is -3.07. The van der Waals surface area contributed by atoms with E-state index in [4.69, 9.17) is 4.74 Å². The minimum Gasteiger partial charge on any atom is -0.477 e. The first kappa shape index (κ1) is 21.4. The normalized spacial score (nSPS) is 11.5. The molecule has 0 saturated heterocycles. The van der Waals surface area contributed by atoms with Gasteiger partial charge in [-0.05, 0) is 30.7 Å². The highest BCUT2D eigenvalue weighted by Crippen LogP contribution is 2.37. The Kier molecular flexibility index (Phi) is 5.81. The molecule has 0 radical (unpaired) electrons. The van der Waals surface area contributed by atoms with Gasteiger partial charge in [0.25, 0.3) is 0 Å². The molecule has 9 heteroatoms. The lowest BCUT2D eigenvalue weighted by Gasteiger charge is -2.15. The smallest absolute Gasteiger partial charge is 0.418 e. The third-order valence-corrected chi connectivity index (χ3v) is 4.69. The van der Waals surface area contributed by atoms with Crippen LogP contribution >= 0.6 is 0 Å². The maximum Gasteiger partial charge on any atom is 0.418 e. The summed E-state index contributed by atoms with van der Waals surface area (Å²) in [6.45, 7) is 2.28. The number of nitrogens with one attached hydrogen (secondary N) is 1. The number of carbonyl (C=O) groups excluding carboxylic acids is 1. The number of fused-ring (bicyclic) bond motifs is 1. The molecule has 0 aliphatic heterocycles. The molecule has 0 saturated carbocycles. The first-order valence-corrected chi connectivity index (χ1v) is 9.88. The SMILES string of the molecule is CCOc1ccc2nc(-c3ccc(C(F)(F)F)c(NC(=O)Cc4ccccc4)c3)cn2n1. The molecular weight excluding hydrogens is 421 g/mol. The maximum absolute atomic E-state index is 13.5. The van der Waals surface area contributed by atoms with Crippen molar-refractivity contribution >= 4 is 17.2 Å². The molecule has 0 atom stereocenters. The van der Waals surface area contributed by atoms with Crippen LogP contribution in [0.15, 0.2) is 66.9 Å². The summed E-state index contributed by atoms with van der Waals surface area (Å²) in [5, 5.41) is 6.67. The van der Waals surface area contributed by atoms with Crippen molar-refractivity contribution in [3.05, 3.63) is 78.0 Å². The number of hydrogen-bond acceptors (Lipinski definition) is 4. The van der Waals surface area contributed by atoms with Gasteiger partial charge >= 0.3 is 6.18 Å². The Bertz CT molecular complexity index is 1250. The molecule has 164 valence electrons. The third-order valence-electron chi connectivity index (χ3n) is 4.69. The molecule has 32 heavy (non-hydrogen) atoms. The fourth-order valence-electron chi connectivity index (χ4n) is 3.26. The Balaban J connectivity index is 1.67. The maximum atomic E-state index is 13.5. The van der Waals surface area contributed by atoms with Gasteiger partial charge in [0.15, 0.2) is 5.65 Å². The molecule has 0 unspecified atom stereocenters. The second kappa shape index (κ2) is 8.70. The van der Waals surface area contributed by atoms with Gasteiger partial charge in [-0.15, -0.1) is 5.10 Å².